The molecular weight excluding hydrogens is 294 g/mol. The van der Waals surface area contributed by atoms with Crippen LogP contribution >= 0.6 is 0 Å². The molecule has 2 saturated heterocycles. The number of hydrogen-bond acceptors (Lipinski definition) is 5. The molecule has 3 rings (SSSR count). The number of likely N-dealkylation sites (tertiary alicyclic amines) is 1. The van der Waals surface area contributed by atoms with Gasteiger partial charge in [0, 0.05) is 38.1 Å². The Morgan fingerprint density at radius 1 is 1.35 bits per heavy atom. The number of ether oxygens (including phenoxy) is 1. The highest BCUT2D eigenvalue weighted by atomic mass is 16.5. The second-order valence-corrected chi connectivity index (χ2v) is 6.81. The number of oxazole rings is 1. The minimum atomic E-state index is 0.0108. The van der Waals surface area contributed by atoms with Gasteiger partial charge in [-0.25, -0.2) is 4.98 Å². The first-order chi connectivity index (χ1) is 11.1. The van der Waals surface area contributed by atoms with Crippen LogP contribution in [0.5, 0.6) is 0 Å². The summed E-state index contributed by atoms with van der Waals surface area (Å²) in [6, 6.07) is 0.433. The lowest BCUT2D eigenvalue weighted by Gasteiger charge is -2.34. The van der Waals surface area contributed by atoms with E-state index in [1.807, 2.05) is 18.7 Å². The Hall–Kier alpha value is -1.40. The molecule has 0 bridgehead atoms. The summed E-state index contributed by atoms with van der Waals surface area (Å²) in [6.45, 7) is 11.3. The van der Waals surface area contributed by atoms with Crippen LogP contribution in [0.2, 0.25) is 0 Å². The lowest BCUT2D eigenvalue weighted by molar-refractivity contribution is 0.0102. The molecular formula is C17H27N3O3. The Morgan fingerprint density at radius 3 is 2.74 bits per heavy atom. The molecule has 3 heterocycles. The highest BCUT2D eigenvalue weighted by Gasteiger charge is 2.39. The molecule has 0 aliphatic carbocycles. The van der Waals surface area contributed by atoms with Crippen molar-refractivity contribution in [1.29, 1.82) is 0 Å². The van der Waals surface area contributed by atoms with Crippen LogP contribution in [0.4, 0.5) is 0 Å². The molecule has 6 nitrogen and oxygen atoms in total. The minimum absolute atomic E-state index is 0.0108. The molecule has 23 heavy (non-hydrogen) atoms. The maximum atomic E-state index is 12.9. The molecule has 2 aliphatic heterocycles. The van der Waals surface area contributed by atoms with E-state index in [0.717, 1.165) is 45.8 Å². The summed E-state index contributed by atoms with van der Waals surface area (Å²) in [7, 11) is 0. The van der Waals surface area contributed by atoms with Gasteiger partial charge in [-0.15, -0.1) is 0 Å². The highest BCUT2D eigenvalue weighted by Crippen LogP contribution is 2.28. The fourth-order valence-electron chi connectivity index (χ4n) is 3.72. The lowest BCUT2D eigenvalue weighted by atomic mass is 9.99. The molecule has 2 aliphatic rings. The van der Waals surface area contributed by atoms with E-state index in [1.54, 1.807) is 0 Å². The van der Waals surface area contributed by atoms with Gasteiger partial charge in [-0.3, -0.25) is 9.69 Å². The molecule has 6 heteroatoms. The van der Waals surface area contributed by atoms with Crippen LogP contribution in [0.15, 0.2) is 10.8 Å². The molecule has 0 saturated carbocycles. The zero-order chi connectivity index (χ0) is 16.4. The van der Waals surface area contributed by atoms with Crippen molar-refractivity contribution in [2.24, 2.45) is 5.92 Å². The molecule has 0 unspecified atom stereocenters. The Morgan fingerprint density at radius 2 is 2.09 bits per heavy atom. The topological polar surface area (TPSA) is 58.8 Å². The van der Waals surface area contributed by atoms with Gasteiger partial charge in [0.1, 0.15) is 5.76 Å². The van der Waals surface area contributed by atoms with Crippen LogP contribution in [0.1, 0.15) is 49.4 Å². The van der Waals surface area contributed by atoms with Crippen LogP contribution in [-0.4, -0.2) is 66.1 Å². The molecule has 1 aromatic heterocycles. The summed E-state index contributed by atoms with van der Waals surface area (Å²) in [5.74, 6) is 1.39. The first kappa shape index (κ1) is 16.5. The van der Waals surface area contributed by atoms with Gasteiger partial charge in [-0.2, -0.15) is 0 Å². The van der Waals surface area contributed by atoms with Crippen molar-refractivity contribution in [2.75, 3.05) is 39.4 Å². The van der Waals surface area contributed by atoms with Gasteiger partial charge >= 0.3 is 0 Å². The third kappa shape index (κ3) is 3.28. The van der Waals surface area contributed by atoms with E-state index in [2.05, 4.69) is 16.8 Å². The van der Waals surface area contributed by atoms with E-state index in [0.29, 0.717) is 23.4 Å². The van der Waals surface area contributed by atoms with Gasteiger partial charge in [0.05, 0.1) is 13.2 Å². The Kier molecular flexibility index (Phi) is 5.02. The lowest BCUT2D eigenvalue weighted by Crippen LogP contribution is -2.47. The molecule has 1 aromatic rings. The van der Waals surface area contributed by atoms with Gasteiger partial charge in [-0.05, 0) is 5.92 Å². The summed E-state index contributed by atoms with van der Waals surface area (Å²) in [5, 5.41) is 0. The van der Waals surface area contributed by atoms with Crippen LogP contribution in [-0.2, 0) is 4.74 Å². The molecule has 0 N–H and O–H groups in total. The maximum absolute atomic E-state index is 12.9. The fraction of sp³-hybridized carbons (Fsp3) is 0.765. The first-order valence-electron chi connectivity index (χ1n) is 8.66. The van der Waals surface area contributed by atoms with Crippen molar-refractivity contribution in [3.8, 4) is 0 Å². The molecule has 0 radical (unpaired) electrons. The number of nitrogens with zero attached hydrogens (tertiary/aromatic N) is 3. The second-order valence-electron chi connectivity index (χ2n) is 6.81. The number of hydrogen-bond donors (Lipinski definition) is 0. The van der Waals surface area contributed by atoms with E-state index in [9.17, 15) is 4.79 Å². The summed E-state index contributed by atoms with van der Waals surface area (Å²) < 4.78 is 10.9. The Balaban J connectivity index is 1.73. The Labute approximate surface area is 137 Å². The predicted molar refractivity (Wildman–Crippen MR) is 86.5 cm³/mol. The van der Waals surface area contributed by atoms with Crippen molar-refractivity contribution in [1.82, 2.24) is 14.8 Å². The molecule has 2 atom stereocenters. The zero-order valence-corrected chi connectivity index (χ0v) is 14.3. The summed E-state index contributed by atoms with van der Waals surface area (Å²) in [4.78, 5) is 21.5. The quantitative estimate of drug-likeness (QED) is 0.849. The third-order valence-electron chi connectivity index (χ3n) is 5.05. The van der Waals surface area contributed by atoms with Gasteiger partial charge < -0.3 is 14.1 Å². The molecule has 0 spiro atoms. The van der Waals surface area contributed by atoms with Gasteiger partial charge in [0.15, 0.2) is 12.1 Å². The van der Waals surface area contributed by atoms with Gasteiger partial charge in [-0.1, -0.05) is 27.2 Å². The third-order valence-corrected chi connectivity index (χ3v) is 5.05. The number of carbonyl (C=O) groups is 1. The van der Waals surface area contributed by atoms with E-state index < -0.39 is 0 Å². The zero-order valence-electron chi connectivity index (χ0n) is 14.3. The summed E-state index contributed by atoms with van der Waals surface area (Å²) in [5.41, 5.74) is 0.484. The van der Waals surface area contributed by atoms with Crippen molar-refractivity contribution >= 4 is 5.91 Å². The standard InChI is InChI=1S/C17H27N3O3/c1-4-13-9-20(10-14(13)19-5-7-22-8-6-19)17(21)15-16(12(2)3)23-11-18-15/h11-14H,4-10H2,1-3H3/t13-,14-/m0/s1. The van der Waals surface area contributed by atoms with Gasteiger partial charge in [0.25, 0.3) is 5.91 Å². The monoisotopic (exact) mass is 321 g/mol. The van der Waals surface area contributed by atoms with E-state index in [-0.39, 0.29) is 11.8 Å². The van der Waals surface area contributed by atoms with Gasteiger partial charge in [0.2, 0.25) is 0 Å². The van der Waals surface area contributed by atoms with Crippen molar-refractivity contribution in [2.45, 2.75) is 39.2 Å². The fourth-order valence-corrected chi connectivity index (χ4v) is 3.72. The van der Waals surface area contributed by atoms with Crippen LogP contribution < -0.4 is 0 Å². The van der Waals surface area contributed by atoms with Crippen LogP contribution in [0.3, 0.4) is 0 Å². The van der Waals surface area contributed by atoms with E-state index >= 15 is 0 Å². The molecule has 2 fully saturated rings. The largest absolute Gasteiger partial charge is 0.447 e. The number of amides is 1. The molecule has 1 amide bonds. The average molecular weight is 321 g/mol. The first-order valence-corrected chi connectivity index (χ1v) is 8.66. The molecule has 0 aromatic carbocycles. The highest BCUT2D eigenvalue weighted by molar-refractivity contribution is 5.93. The van der Waals surface area contributed by atoms with Crippen LogP contribution in [0, 0.1) is 5.92 Å². The molecule has 128 valence electrons. The minimum Gasteiger partial charge on any atom is -0.447 e. The van der Waals surface area contributed by atoms with Crippen molar-refractivity contribution < 1.29 is 13.9 Å². The average Bonchev–Trinajstić information content (AvgIpc) is 3.22. The number of rotatable bonds is 4. The smallest absolute Gasteiger partial charge is 0.276 e. The summed E-state index contributed by atoms with van der Waals surface area (Å²) >= 11 is 0. The van der Waals surface area contributed by atoms with Crippen molar-refractivity contribution in [3.05, 3.63) is 17.8 Å². The van der Waals surface area contributed by atoms with Crippen LogP contribution in [0.25, 0.3) is 0 Å². The number of morpholine rings is 1. The van der Waals surface area contributed by atoms with Crippen molar-refractivity contribution in [3.63, 3.8) is 0 Å². The van der Waals surface area contributed by atoms with E-state index in [4.69, 9.17) is 9.15 Å². The summed E-state index contributed by atoms with van der Waals surface area (Å²) in [6.07, 6.45) is 2.47. The second kappa shape index (κ2) is 7.01. The van der Waals surface area contributed by atoms with E-state index in [1.165, 1.54) is 6.39 Å². The normalized spacial score (nSPS) is 26.2. The number of aromatic nitrogens is 1. The number of carbonyl (C=O) groups excluding carboxylic acids is 1. The Bertz CT molecular complexity index is 537. The predicted octanol–water partition coefficient (Wildman–Crippen LogP) is 1.98. The SMILES string of the molecule is CC[C@H]1CN(C(=O)c2ncoc2C(C)C)C[C@@H]1N1CCOCC1. The maximum Gasteiger partial charge on any atom is 0.276 e.